The van der Waals surface area contributed by atoms with Crippen LogP contribution >= 0.6 is 11.8 Å². The molecule has 0 saturated carbocycles. The number of thioether (sulfide) groups is 1. The van der Waals surface area contributed by atoms with Crippen molar-refractivity contribution in [1.82, 2.24) is 5.32 Å². The zero-order valence-electron chi connectivity index (χ0n) is 11.3. The summed E-state index contributed by atoms with van der Waals surface area (Å²) in [6, 6.07) is 0. The van der Waals surface area contributed by atoms with Gasteiger partial charge in [0.25, 0.3) is 0 Å². The van der Waals surface area contributed by atoms with Crippen LogP contribution in [0.1, 0.15) is 41.0 Å². The van der Waals surface area contributed by atoms with Crippen molar-refractivity contribution < 1.29 is 0 Å². The lowest BCUT2D eigenvalue weighted by Crippen LogP contribution is -2.27. The van der Waals surface area contributed by atoms with E-state index in [0.29, 0.717) is 11.2 Å². The van der Waals surface area contributed by atoms with Gasteiger partial charge in [0.05, 0.1) is 6.54 Å². The molecule has 0 amide bonds. The second kappa shape index (κ2) is 6.53. The van der Waals surface area contributed by atoms with Crippen molar-refractivity contribution in [3.05, 3.63) is 0 Å². The first-order valence-corrected chi connectivity index (χ1v) is 7.32. The molecular weight excluding hydrogens is 216 g/mol. The number of rotatable bonds is 5. The van der Waals surface area contributed by atoms with Crippen molar-refractivity contribution >= 4 is 16.9 Å². The van der Waals surface area contributed by atoms with E-state index in [2.05, 4.69) is 44.9 Å². The molecular formula is C13H26N2S. The minimum absolute atomic E-state index is 0.705. The van der Waals surface area contributed by atoms with Crippen LogP contribution in [0.2, 0.25) is 0 Å². The molecule has 1 N–H and O–H groups in total. The molecule has 0 aromatic rings. The molecule has 0 aromatic heterocycles. The maximum absolute atomic E-state index is 4.57. The van der Waals surface area contributed by atoms with E-state index < -0.39 is 0 Å². The summed E-state index contributed by atoms with van der Waals surface area (Å²) in [5.41, 5.74) is 0. The van der Waals surface area contributed by atoms with Gasteiger partial charge in [-0.1, -0.05) is 46.4 Å². The summed E-state index contributed by atoms with van der Waals surface area (Å²) >= 11 is 1.93. The quantitative estimate of drug-likeness (QED) is 0.799. The van der Waals surface area contributed by atoms with Gasteiger partial charge in [0, 0.05) is 11.8 Å². The van der Waals surface area contributed by atoms with Gasteiger partial charge in [-0.25, -0.2) is 0 Å². The monoisotopic (exact) mass is 242 g/mol. The van der Waals surface area contributed by atoms with Crippen LogP contribution in [-0.2, 0) is 0 Å². The van der Waals surface area contributed by atoms with Crippen molar-refractivity contribution in [2.75, 3.05) is 13.1 Å². The normalized spacial score (nSPS) is 22.7. The number of amidine groups is 1. The summed E-state index contributed by atoms with van der Waals surface area (Å²) in [4.78, 5) is 4.57. The standard InChI is InChI=1S/C13H26N2S/c1-9(2)6-12-8-15-13(16-12)14-7-11(5)10(3)4/h9-12H,6-8H2,1-5H3,(H,14,15). The molecule has 94 valence electrons. The third-order valence-corrected chi connectivity index (χ3v) is 4.34. The first-order valence-electron chi connectivity index (χ1n) is 6.44. The van der Waals surface area contributed by atoms with Gasteiger partial charge in [0.15, 0.2) is 5.17 Å². The lowest BCUT2D eigenvalue weighted by atomic mass is 9.98. The van der Waals surface area contributed by atoms with Crippen LogP contribution in [0, 0.1) is 17.8 Å². The van der Waals surface area contributed by atoms with Gasteiger partial charge in [-0.3, -0.25) is 4.99 Å². The molecule has 0 aliphatic carbocycles. The molecule has 0 radical (unpaired) electrons. The fourth-order valence-electron chi connectivity index (χ4n) is 1.65. The molecule has 0 saturated heterocycles. The SMILES string of the molecule is CC(C)CC1CN=C(NCC(C)C(C)C)S1. The van der Waals surface area contributed by atoms with E-state index in [-0.39, 0.29) is 0 Å². The van der Waals surface area contributed by atoms with Gasteiger partial charge in [0.2, 0.25) is 0 Å². The summed E-state index contributed by atoms with van der Waals surface area (Å²) in [5, 5.41) is 5.35. The minimum Gasteiger partial charge on any atom is -0.365 e. The van der Waals surface area contributed by atoms with Gasteiger partial charge in [0.1, 0.15) is 0 Å². The highest BCUT2D eigenvalue weighted by Gasteiger charge is 2.20. The Kier molecular flexibility index (Phi) is 5.67. The largest absolute Gasteiger partial charge is 0.365 e. The van der Waals surface area contributed by atoms with E-state index in [4.69, 9.17) is 0 Å². The Morgan fingerprint density at radius 1 is 1.31 bits per heavy atom. The zero-order chi connectivity index (χ0) is 12.1. The van der Waals surface area contributed by atoms with Crippen LogP contribution in [0.4, 0.5) is 0 Å². The maximum atomic E-state index is 4.57. The van der Waals surface area contributed by atoms with Crippen LogP contribution in [0.5, 0.6) is 0 Å². The molecule has 1 aliphatic heterocycles. The van der Waals surface area contributed by atoms with Gasteiger partial charge in [-0.15, -0.1) is 0 Å². The van der Waals surface area contributed by atoms with Crippen LogP contribution in [0.15, 0.2) is 4.99 Å². The van der Waals surface area contributed by atoms with Gasteiger partial charge < -0.3 is 5.32 Å². The molecule has 0 fully saturated rings. The van der Waals surface area contributed by atoms with E-state index in [1.165, 1.54) is 6.42 Å². The molecule has 0 aromatic carbocycles. The van der Waals surface area contributed by atoms with Crippen LogP contribution in [-0.4, -0.2) is 23.5 Å². The van der Waals surface area contributed by atoms with E-state index in [1.54, 1.807) is 0 Å². The van der Waals surface area contributed by atoms with Crippen molar-refractivity contribution in [2.45, 2.75) is 46.3 Å². The van der Waals surface area contributed by atoms with Gasteiger partial charge in [-0.2, -0.15) is 0 Å². The number of hydrogen-bond donors (Lipinski definition) is 1. The molecule has 0 bridgehead atoms. The highest BCUT2D eigenvalue weighted by atomic mass is 32.2. The van der Waals surface area contributed by atoms with Gasteiger partial charge >= 0.3 is 0 Å². The summed E-state index contributed by atoms with van der Waals surface area (Å²) in [7, 11) is 0. The van der Waals surface area contributed by atoms with E-state index in [9.17, 15) is 0 Å². The van der Waals surface area contributed by atoms with Crippen LogP contribution < -0.4 is 5.32 Å². The molecule has 2 nitrogen and oxygen atoms in total. The highest BCUT2D eigenvalue weighted by molar-refractivity contribution is 8.14. The van der Waals surface area contributed by atoms with Crippen LogP contribution in [0.25, 0.3) is 0 Å². The molecule has 1 rings (SSSR count). The Labute approximate surface area is 105 Å². The smallest absolute Gasteiger partial charge is 0.156 e. The zero-order valence-corrected chi connectivity index (χ0v) is 12.1. The molecule has 0 spiro atoms. The van der Waals surface area contributed by atoms with E-state index >= 15 is 0 Å². The fourth-order valence-corrected chi connectivity index (χ4v) is 2.91. The molecule has 2 atom stereocenters. The molecule has 1 aliphatic rings. The summed E-state index contributed by atoms with van der Waals surface area (Å²) in [5.74, 6) is 2.24. The third kappa shape index (κ3) is 4.77. The maximum Gasteiger partial charge on any atom is 0.156 e. The summed E-state index contributed by atoms with van der Waals surface area (Å²) < 4.78 is 0. The lowest BCUT2D eigenvalue weighted by molar-refractivity contribution is 0.416. The molecule has 16 heavy (non-hydrogen) atoms. The average molecular weight is 242 g/mol. The number of nitrogens with one attached hydrogen (secondary N) is 1. The van der Waals surface area contributed by atoms with Crippen molar-refractivity contribution in [2.24, 2.45) is 22.7 Å². The van der Waals surface area contributed by atoms with E-state index in [0.717, 1.165) is 30.1 Å². The van der Waals surface area contributed by atoms with Crippen molar-refractivity contribution in [1.29, 1.82) is 0 Å². The lowest BCUT2D eigenvalue weighted by Gasteiger charge is -2.17. The topological polar surface area (TPSA) is 24.4 Å². The third-order valence-electron chi connectivity index (χ3n) is 3.16. The Bertz CT molecular complexity index is 236. The molecule has 3 heteroatoms. The predicted molar refractivity (Wildman–Crippen MR) is 75.1 cm³/mol. The Morgan fingerprint density at radius 3 is 2.56 bits per heavy atom. The summed E-state index contributed by atoms with van der Waals surface area (Å²) in [6.45, 7) is 13.5. The van der Waals surface area contributed by atoms with Crippen LogP contribution in [0.3, 0.4) is 0 Å². The van der Waals surface area contributed by atoms with Gasteiger partial charge in [-0.05, 0) is 24.2 Å². The Morgan fingerprint density at radius 2 is 2.00 bits per heavy atom. The highest BCUT2D eigenvalue weighted by Crippen LogP contribution is 2.25. The Hall–Kier alpha value is -0.180. The number of nitrogens with zero attached hydrogens (tertiary/aromatic N) is 1. The predicted octanol–water partition coefficient (Wildman–Crippen LogP) is 3.39. The first kappa shape index (κ1) is 13.9. The summed E-state index contributed by atoms with van der Waals surface area (Å²) in [6.07, 6.45) is 1.28. The number of hydrogen-bond acceptors (Lipinski definition) is 3. The van der Waals surface area contributed by atoms with E-state index in [1.807, 2.05) is 11.8 Å². The number of aliphatic imine (C=N–C) groups is 1. The fraction of sp³-hybridized carbons (Fsp3) is 0.923. The molecule has 2 unspecified atom stereocenters. The minimum atomic E-state index is 0.705. The Balaban J connectivity index is 2.21. The average Bonchev–Trinajstić information content (AvgIpc) is 2.60. The first-order chi connectivity index (χ1) is 7.49. The van der Waals surface area contributed by atoms with Crippen molar-refractivity contribution in [3.63, 3.8) is 0 Å². The second-order valence-corrected chi connectivity index (χ2v) is 6.91. The van der Waals surface area contributed by atoms with Crippen molar-refractivity contribution in [3.8, 4) is 0 Å². The second-order valence-electron chi connectivity index (χ2n) is 5.62. The molecule has 1 heterocycles.